The predicted octanol–water partition coefficient (Wildman–Crippen LogP) is 2.05. The molecule has 2 aromatic rings. The highest BCUT2D eigenvalue weighted by Gasteiger charge is 2.29. The second kappa shape index (κ2) is 8.81. The minimum atomic E-state index is -3.81. The van der Waals surface area contributed by atoms with E-state index in [1.807, 2.05) is 19.1 Å². The van der Waals surface area contributed by atoms with Crippen molar-refractivity contribution >= 4 is 15.9 Å². The number of hydrazine groups is 1. The number of rotatable bonds is 6. The highest BCUT2D eigenvalue weighted by Crippen LogP contribution is 2.25. The van der Waals surface area contributed by atoms with Crippen LogP contribution in [0.2, 0.25) is 0 Å². The van der Waals surface area contributed by atoms with Crippen LogP contribution in [0.5, 0.6) is 0 Å². The van der Waals surface area contributed by atoms with Gasteiger partial charge in [0.1, 0.15) is 5.82 Å². The second-order valence-electron chi connectivity index (χ2n) is 7.74. The van der Waals surface area contributed by atoms with Crippen molar-refractivity contribution in [3.8, 4) is 0 Å². The van der Waals surface area contributed by atoms with Crippen LogP contribution in [0.25, 0.3) is 0 Å². The molecule has 162 valence electrons. The van der Waals surface area contributed by atoms with E-state index in [1.54, 1.807) is 26.0 Å². The van der Waals surface area contributed by atoms with Crippen LogP contribution in [-0.4, -0.2) is 38.4 Å². The summed E-state index contributed by atoms with van der Waals surface area (Å²) in [4.78, 5) is 12.7. The first-order valence-electron chi connectivity index (χ1n) is 9.68. The number of halogens is 1. The summed E-state index contributed by atoms with van der Waals surface area (Å²) in [5.41, 5.74) is 9.03. The van der Waals surface area contributed by atoms with E-state index < -0.39 is 22.1 Å². The van der Waals surface area contributed by atoms with Gasteiger partial charge in [0.25, 0.3) is 0 Å². The number of aryl methyl sites for hydroxylation is 3. The van der Waals surface area contributed by atoms with E-state index in [1.165, 1.54) is 19.2 Å². The number of nitrogens with zero attached hydrogens (tertiary/aromatic N) is 1. The zero-order valence-electron chi connectivity index (χ0n) is 17.5. The maximum absolute atomic E-state index is 13.4. The van der Waals surface area contributed by atoms with Gasteiger partial charge < -0.3 is 5.32 Å². The molecule has 0 aromatic heterocycles. The van der Waals surface area contributed by atoms with Crippen LogP contribution in [0, 0.1) is 26.6 Å². The van der Waals surface area contributed by atoms with Gasteiger partial charge in [0.2, 0.25) is 15.9 Å². The van der Waals surface area contributed by atoms with Gasteiger partial charge in [-0.05, 0) is 49.6 Å². The van der Waals surface area contributed by atoms with E-state index in [0.717, 1.165) is 15.4 Å². The Morgan fingerprint density at radius 1 is 1.17 bits per heavy atom. The molecule has 2 unspecified atom stereocenters. The van der Waals surface area contributed by atoms with E-state index in [4.69, 9.17) is 0 Å². The third-order valence-electron chi connectivity index (χ3n) is 5.13. The zero-order valence-corrected chi connectivity index (χ0v) is 18.3. The van der Waals surface area contributed by atoms with Gasteiger partial charge in [-0.15, -0.1) is 0 Å². The summed E-state index contributed by atoms with van der Waals surface area (Å²) in [5, 5.41) is 2.77. The number of carbonyl (C=O) groups is 1. The molecule has 1 fully saturated rings. The first-order valence-corrected chi connectivity index (χ1v) is 11.1. The standard InChI is InChI=1S/C21H27FN4O3S/c1-13-8-14(2)21(15(3)9-13)30(28,29)26(4)12-20(27)23-19-11-18(24-25-19)16-6-5-7-17(22)10-16/h5-10,18-19,24-25H,11-12H2,1-4H3,(H,23,27). The summed E-state index contributed by atoms with van der Waals surface area (Å²) in [6.45, 7) is 5.11. The molecule has 2 atom stereocenters. The minimum Gasteiger partial charge on any atom is -0.338 e. The summed E-state index contributed by atoms with van der Waals surface area (Å²) in [6, 6.07) is 9.72. The van der Waals surface area contributed by atoms with E-state index >= 15 is 0 Å². The topological polar surface area (TPSA) is 90.5 Å². The largest absolute Gasteiger partial charge is 0.338 e. The first kappa shape index (κ1) is 22.4. The maximum Gasteiger partial charge on any atom is 0.243 e. The molecule has 1 amide bonds. The fourth-order valence-corrected chi connectivity index (χ4v) is 5.38. The molecule has 0 radical (unpaired) electrons. The Kier molecular flexibility index (Phi) is 6.56. The fraction of sp³-hybridized carbons (Fsp3) is 0.381. The number of hydrogen-bond donors (Lipinski definition) is 3. The molecule has 7 nitrogen and oxygen atoms in total. The van der Waals surface area contributed by atoms with Crippen molar-refractivity contribution in [1.82, 2.24) is 20.5 Å². The van der Waals surface area contributed by atoms with Gasteiger partial charge in [-0.2, -0.15) is 4.31 Å². The molecule has 1 aliphatic heterocycles. The molecular formula is C21H27FN4O3S. The van der Waals surface area contributed by atoms with Crippen LogP contribution in [0.1, 0.15) is 34.7 Å². The highest BCUT2D eigenvalue weighted by atomic mass is 32.2. The molecule has 0 bridgehead atoms. The number of hydrogen-bond acceptors (Lipinski definition) is 5. The van der Waals surface area contributed by atoms with Crippen LogP contribution < -0.4 is 16.2 Å². The van der Waals surface area contributed by atoms with Crippen molar-refractivity contribution in [1.29, 1.82) is 0 Å². The van der Waals surface area contributed by atoms with E-state index in [2.05, 4.69) is 16.2 Å². The van der Waals surface area contributed by atoms with E-state index in [-0.39, 0.29) is 23.3 Å². The van der Waals surface area contributed by atoms with E-state index in [0.29, 0.717) is 17.5 Å². The van der Waals surface area contributed by atoms with Crippen LogP contribution in [0.15, 0.2) is 41.3 Å². The molecular weight excluding hydrogens is 407 g/mol. The molecule has 3 rings (SSSR count). The number of benzene rings is 2. The Morgan fingerprint density at radius 3 is 2.47 bits per heavy atom. The van der Waals surface area contributed by atoms with Crippen molar-refractivity contribution in [3.63, 3.8) is 0 Å². The van der Waals surface area contributed by atoms with Crippen LogP contribution in [0.3, 0.4) is 0 Å². The monoisotopic (exact) mass is 434 g/mol. The van der Waals surface area contributed by atoms with Gasteiger partial charge >= 0.3 is 0 Å². The maximum atomic E-state index is 13.4. The zero-order chi connectivity index (χ0) is 22.1. The Labute approximate surface area is 176 Å². The summed E-state index contributed by atoms with van der Waals surface area (Å²) in [6.07, 6.45) is 0.103. The number of carbonyl (C=O) groups excluding carboxylic acids is 1. The predicted molar refractivity (Wildman–Crippen MR) is 112 cm³/mol. The van der Waals surface area contributed by atoms with Gasteiger partial charge in [0.15, 0.2) is 0 Å². The van der Waals surface area contributed by atoms with Gasteiger partial charge in [0.05, 0.1) is 17.6 Å². The lowest BCUT2D eigenvalue weighted by Crippen LogP contribution is -2.48. The quantitative estimate of drug-likeness (QED) is 0.648. The third kappa shape index (κ3) is 4.86. The number of likely N-dealkylation sites (N-methyl/N-ethyl adjacent to an activating group) is 1. The molecule has 0 aliphatic carbocycles. The Balaban J connectivity index is 1.62. The average Bonchev–Trinajstić information content (AvgIpc) is 3.08. The SMILES string of the molecule is Cc1cc(C)c(S(=O)(=O)N(C)CC(=O)NC2CC(c3cccc(F)c3)NN2)c(C)c1. The first-order chi connectivity index (χ1) is 14.1. The summed E-state index contributed by atoms with van der Waals surface area (Å²) in [7, 11) is -2.42. The smallest absolute Gasteiger partial charge is 0.243 e. The Hall–Kier alpha value is -2.33. The highest BCUT2D eigenvalue weighted by molar-refractivity contribution is 7.89. The van der Waals surface area contributed by atoms with E-state index in [9.17, 15) is 17.6 Å². The van der Waals surface area contributed by atoms with Gasteiger partial charge in [-0.25, -0.2) is 23.7 Å². The van der Waals surface area contributed by atoms with Crippen molar-refractivity contribution < 1.29 is 17.6 Å². The van der Waals surface area contributed by atoms with Crippen LogP contribution in [-0.2, 0) is 14.8 Å². The summed E-state index contributed by atoms with van der Waals surface area (Å²) >= 11 is 0. The van der Waals surface area contributed by atoms with Crippen molar-refractivity contribution in [2.75, 3.05) is 13.6 Å². The Morgan fingerprint density at radius 2 is 1.83 bits per heavy atom. The average molecular weight is 435 g/mol. The van der Waals surface area contributed by atoms with Crippen molar-refractivity contribution in [2.24, 2.45) is 0 Å². The molecule has 2 aromatic carbocycles. The lowest BCUT2D eigenvalue weighted by atomic mass is 10.0. The Bertz CT molecular complexity index is 1030. The molecule has 3 N–H and O–H groups in total. The summed E-state index contributed by atoms with van der Waals surface area (Å²) < 4.78 is 40.5. The van der Waals surface area contributed by atoms with Crippen molar-refractivity contribution in [2.45, 2.75) is 44.3 Å². The van der Waals surface area contributed by atoms with Gasteiger partial charge in [-0.3, -0.25) is 4.79 Å². The summed E-state index contributed by atoms with van der Waals surface area (Å²) in [5.74, 6) is -0.752. The van der Waals surface area contributed by atoms with Gasteiger partial charge in [0, 0.05) is 19.5 Å². The molecule has 1 heterocycles. The van der Waals surface area contributed by atoms with Crippen LogP contribution >= 0.6 is 0 Å². The number of amides is 1. The molecule has 30 heavy (non-hydrogen) atoms. The van der Waals surface area contributed by atoms with Crippen LogP contribution in [0.4, 0.5) is 4.39 Å². The lowest BCUT2D eigenvalue weighted by Gasteiger charge is -2.21. The number of sulfonamides is 1. The molecule has 0 saturated carbocycles. The van der Waals surface area contributed by atoms with Gasteiger partial charge in [-0.1, -0.05) is 29.8 Å². The molecule has 9 heteroatoms. The fourth-order valence-electron chi connectivity index (χ4n) is 3.85. The third-order valence-corrected chi connectivity index (χ3v) is 7.24. The molecule has 1 aliphatic rings. The number of nitrogens with one attached hydrogen (secondary N) is 3. The van der Waals surface area contributed by atoms with Crippen molar-refractivity contribution in [3.05, 3.63) is 64.5 Å². The second-order valence-corrected chi connectivity index (χ2v) is 9.72. The lowest BCUT2D eigenvalue weighted by molar-refractivity contribution is -0.122. The molecule has 0 spiro atoms. The normalized spacial score (nSPS) is 19.3. The molecule has 1 saturated heterocycles. The minimum absolute atomic E-state index is 0.162.